The monoisotopic (exact) mass is 247 g/mol. The molecule has 4 nitrogen and oxygen atoms in total. The molecule has 0 aromatic heterocycles. The first kappa shape index (κ1) is 12.5. The Bertz CT molecular complexity index is 562. The third kappa shape index (κ3) is 2.71. The first-order chi connectivity index (χ1) is 7.36. The summed E-state index contributed by atoms with van der Waals surface area (Å²) in [6.07, 6.45) is 1.95. The molecule has 16 heavy (non-hydrogen) atoms. The van der Waals surface area contributed by atoms with Crippen molar-refractivity contribution in [3.8, 4) is 0 Å². The lowest BCUT2D eigenvalue weighted by Gasteiger charge is -2.04. The number of carbonyl (C=O) groups excluding carboxylic acids is 1. The van der Waals surface area contributed by atoms with Gasteiger partial charge in [0.25, 0.3) is 0 Å². The van der Waals surface area contributed by atoms with Crippen molar-refractivity contribution in [2.75, 3.05) is 6.26 Å². The molecule has 0 bridgehead atoms. The zero-order valence-corrected chi connectivity index (χ0v) is 9.01. The normalized spacial score (nSPS) is 10.9. The van der Waals surface area contributed by atoms with E-state index in [1.54, 1.807) is 0 Å². The minimum Gasteiger partial charge on any atom is -0.224 e. The lowest BCUT2D eigenvalue weighted by molar-refractivity contribution is 0.546. The Labute approximate surface area is 90.5 Å². The molecule has 1 aromatic carbocycles. The van der Waals surface area contributed by atoms with Gasteiger partial charge in [-0.2, -0.15) is 0 Å². The summed E-state index contributed by atoms with van der Waals surface area (Å²) in [6.45, 7) is -0.379. The van der Waals surface area contributed by atoms with Gasteiger partial charge in [-0.1, -0.05) is 0 Å². The van der Waals surface area contributed by atoms with Gasteiger partial charge in [-0.15, -0.1) is 0 Å². The van der Waals surface area contributed by atoms with Gasteiger partial charge in [0.05, 0.1) is 6.54 Å². The van der Waals surface area contributed by atoms with E-state index in [0.717, 1.165) is 6.26 Å². The standard InChI is InChI=1S/C9H7F2NO3S/c1-16(14,15)9-3-7(10)6(2-8(9)11)4-12-5-13/h2-3H,4H2,1H3. The van der Waals surface area contributed by atoms with Crippen molar-refractivity contribution in [3.63, 3.8) is 0 Å². The van der Waals surface area contributed by atoms with E-state index in [2.05, 4.69) is 4.99 Å². The van der Waals surface area contributed by atoms with Gasteiger partial charge >= 0.3 is 0 Å². The van der Waals surface area contributed by atoms with Gasteiger partial charge in [0.1, 0.15) is 16.5 Å². The van der Waals surface area contributed by atoms with Gasteiger partial charge in [-0.3, -0.25) is 0 Å². The van der Waals surface area contributed by atoms with Gasteiger partial charge in [0, 0.05) is 11.8 Å². The summed E-state index contributed by atoms with van der Waals surface area (Å²) >= 11 is 0. The molecular weight excluding hydrogens is 240 g/mol. The highest BCUT2D eigenvalue weighted by Gasteiger charge is 2.17. The minimum absolute atomic E-state index is 0.201. The lowest BCUT2D eigenvalue weighted by atomic mass is 10.2. The number of benzene rings is 1. The molecule has 0 radical (unpaired) electrons. The van der Waals surface area contributed by atoms with Crippen LogP contribution >= 0.6 is 0 Å². The second-order valence-corrected chi connectivity index (χ2v) is 5.04. The van der Waals surface area contributed by atoms with Crippen LogP contribution in [0.1, 0.15) is 5.56 Å². The van der Waals surface area contributed by atoms with Crippen molar-refractivity contribution in [2.45, 2.75) is 11.4 Å². The molecule has 0 saturated heterocycles. The van der Waals surface area contributed by atoms with Gasteiger partial charge in [0.2, 0.25) is 6.08 Å². The van der Waals surface area contributed by atoms with E-state index in [-0.39, 0.29) is 12.1 Å². The Morgan fingerprint density at radius 2 is 1.94 bits per heavy atom. The Hall–Kier alpha value is -1.59. The van der Waals surface area contributed by atoms with Crippen LogP contribution in [0.25, 0.3) is 0 Å². The molecule has 0 aliphatic heterocycles. The molecule has 0 fully saturated rings. The van der Waals surface area contributed by atoms with E-state index in [1.165, 1.54) is 6.08 Å². The fourth-order valence-electron chi connectivity index (χ4n) is 1.09. The number of rotatable bonds is 3. The summed E-state index contributed by atoms with van der Waals surface area (Å²) < 4.78 is 48.6. The van der Waals surface area contributed by atoms with Crippen LogP contribution in [-0.4, -0.2) is 20.8 Å². The molecule has 1 rings (SSSR count). The van der Waals surface area contributed by atoms with Crippen molar-refractivity contribution >= 4 is 15.9 Å². The quantitative estimate of drug-likeness (QED) is 0.595. The number of isocyanates is 1. The molecule has 0 aliphatic rings. The van der Waals surface area contributed by atoms with Crippen LogP contribution in [0.4, 0.5) is 8.78 Å². The second kappa shape index (κ2) is 4.51. The van der Waals surface area contributed by atoms with Crippen molar-refractivity contribution < 1.29 is 22.0 Å². The molecule has 1 aromatic rings. The predicted molar refractivity (Wildman–Crippen MR) is 51.3 cm³/mol. The van der Waals surface area contributed by atoms with E-state index < -0.39 is 26.4 Å². The third-order valence-corrected chi connectivity index (χ3v) is 2.93. The van der Waals surface area contributed by atoms with Gasteiger partial charge < -0.3 is 0 Å². The summed E-state index contributed by atoms with van der Waals surface area (Å²) in [5.74, 6) is -2.00. The molecule has 0 aliphatic carbocycles. The van der Waals surface area contributed by atoms with Crippen LogP contribution in [0.15, 0.2) is 22.0 Å². The Morgan fingerprint density at radius 3 is 2.44 bits per heavy atom. The summed E-state index contributed by atoms with van der Waals surface area (Å²) in [4.78, 5) is 12.2. The number of aliphatic imine (C=N–C) groups is 1. The van der Waals surface area contributed by atoms with Gasteiger partial charge in [-0.25, -0.2) is 27.0 Å². The molecular formula is C9H7F2NO3S. The second-order valence-electron chi connectivity index (χ2n) is 3.05. The van der Waals surface area contributed by atoms with E-state index in [1.807, 2.05) is 0 Å². The lowest BCUT2D eigenvalue weighted by Crippen LogP contribution is -2.03. The first-order valence-corrected chi connectivity index (χ1v) is 5.97. The molecule has 0 heterocycles. The van der Waals surface area contributed by atoms with E-state index in [0.29, 0.717) is 12.1 Å². The highest BCUT2D eigenvalue weighted by Crippen LogP contribution is 2.19. The molecule has 7 heteroatoms. The van der Waals surface area contributed by atoms with Gasteiger partial charge in [-0.05, 0) is 12.1 Å². The minimum atomic E-state index is -3.82. The summed E-state index contributed by atoms with van der Waals surface area (Å²) in [7, 11) is -3.82. The van der Waals surface area contributed by atoms with Crippen LogP contribution in [0, 0.1) is 11.6 Å². The highest BCUT2D eigenvalue weighted by atomic mass is 32.2. The number of sulfone groups is 1. The van der Waals surface area contributed by atoms with Crippen LogP contribution in [-0.2, 0) is 21.2 Å². The number of halogens is 2. The van der Waals surface area contributed by atoms with Crippen molar-refractivity contribution in [1.29, 1.82) is 0 Å². The summed E-state index contributed by atoms with van der Waals surface area (Å²) in [5.41, 5.74) is -0.201. The molecule has 0 spiro atoms. The Morgan fingerprint density at radius 1 is 1.31 bits per heavy atom. The zero-order valence-electron chi connectivity index (χ0n) is 8.20. The maximum absolute atomic E-state index is 13.3. The Kier molecular flexibility index (Phi) is 3.51. The highest BCUT2D eigenvalue weighted by molar-refractivity contribution is 7.90. The van der Waals surface area contributed by atoms with Crippen LogP contribution in [0.5, 0.6) is 0 Å². The maximum Gasteiger partial charge on any atom is 0.235 e. The van der Waals surface area contributed by atoms with E-state index >= 15 is 0 Å². The van der Waals surface area contributed by atoms with E-state index in [9.17, 15) is 22.0 Å². The Balaban J connectivity index is 3.32. The SMILES string of the molecule is CS(=O)(=O)c1cc(F)c(CN=C=O)cc1F. The van der Waals surface area contributed by atoms with Crippen molar-refractivity contribution in [2.24, 2.45) is 4.99 Å². The van der Waals surface area contributed by atoms with Crippen molar-refractivity contribution in [3.05, 3.63) is 29.3 Å². The first-order valence-electron chi connectivity index (χ1n) is 4.08. The van der Waals surface area contributed by atoms with Crippen LogP contribution in [0.2, 0.25) is 0 Å². The maximum atomic E-state index is 13.3. The van der Waals surface area contributed by atoms with Crippen molar-refractivity contribution in [1.82, 2.24) is 0 Å². The topological polar surface area (TPSA) is 63.6 Å². The molecule has 0 amide bonds. The zero-order chi connectivity index (χ0) is 12.3. The van der Waals surface area contributed by atoms with E-state index in [4.69, 9.17) is 0 Å². The average molecular weight is 247 g/mol. The summed E-state index contributed by atoms with van der Waals surface area (Å²) in [5, 5.41) is 0. The number of hydrogen-bond donors (Lipinski definition) is 0. The molecule has 0 atom stereocenters. The smallest absolute Gasteiger partial charge is 0.224 e. The fraction of sp³-hybridized carbons (Fsp3) is 0.222. The molecule has 0 saturated carbocycles. The van der Waals surface area contributed by atoms with Crippen LogP contribution in [0.3, 0.4) is 0 Å². The third-order valence-electron chi connectivity index (χ3n) is 1.81. The fourth-order valence-corrected chi connectivity index (χ4v) is 1.82. The number of nitrogens with zero attached hydrogens (tertiary/aromatic N) is 1. The largest absolute Gasteiger partial charge is 0.235 e. The number of hydrogen-bond acceptors (Lipinski definition) is 4. The van der Waals surface area contributed by atoms with Crippen LogP contribution < -0.4 is 0 Å². The van der Waals surface area contributed by atoms with Gasteiger partial charge in [0.15, 0.2) is 9.84 Å². The molecule has 0 unspecified atom stereocenters. The molecule has 0 N–H and O–H groups in total. The molecule has 86 valence electrons. The predicted octanol–water partition coefficient (Wildman–Crippen LogP) is 1.20. The summed E-state index contributed by atoms with van der Waals surface area (Å²) in [6, 6.07) is 1.27. The average Bonchev–Trinajstić information content (AvgIpc) is 2.17.